The van der Waals surface area contributed by atoms with Gasteiger partial charge in [0.15, 0.2) is 0 Å². The van der Waals surface area contributed by atoms with Gasteiger partial charge in [-0.05, 0) is 17.0 Å². The van der Waals surface area contributed by atoms with Crippen molar-refractivity contribution in [3.8, 4) is 5.75 Å². The van der Waals surface area contributed by atoms with Crippen molar-refractivity contribution in [2.24, 2.45) is 0 Å². The summed E-state index contributed by atoms with van der Waals surface area (Å²) in [5, 5.41) is 19.9. The third-order valence-corrected chi connectivity index (χ3v) is 2.16. The summed E-state index contributed by atoms with van der Waals surface area (Å²) in [6.07, 6.45) is 0. The molecule has 92 valence electrons. The molecule has 0 spiro atoms. The lowest BCUT2D eigenvalue weighted by atomic mass is 9.86. The Labute approximate surface area is 97.3 Å². The molecule has 0 bridgehead atoms. The van der Waals surface area contributed by atoms with E-state index in [1.54, 1.807) is 0 Å². The third-order valence-electron chi connectivity index (χ3n) is 2.16. The van der Waals surface area contributed by atoms with Crippen molar-refractivity contribution in [1.82, 2.24) is 0 Å². The first-order valence-electron chi connectivity index (χ1n) is 4.83. The summed E-state index contributed by atoms with van der Waals surface area (Å²) in [6, 6.07) is 3.83. The molecule has 0 heterocycles. The van der Waals surface area contributed by atoms with Crippen LogP contribution < -0.4 is 4.84 Å². The van der Waals surface area contributed by atoms with Gasteiger partial charge in [-0.2, -0.15) is 0 Å². The zero-order chi connectivity index (χ0) is 13.2. The van der Waals surface area contributed by atoms with E-state index in [1.807, 2.05) is 20.8 Å². The van der Waals surface area contributed by atoms with E-state index >= 15 is 0 Å². The Balaban J connectivity index is 3.31. The fraction of sp³-hybridized carbons (Fsp3) is 0.400. The fourth-order valence-electron chi connectivity index (χ4n) is 1.40. The van der Waals surface area contributed by atoms with Crippen LogP contribution in [0.25, 0.3) is 0 Å². The standard InChI is InChI=1S/C10H12N2O5/c1-10(2,3)8-5-4-7(11(13)14)6-9(8)17-12(15)16/h4-6H,1-3H3. The van der Waals surface area contributed by atoms with Gasteiger partial charge in [-0.3, -0.25) is 15.0 Å². The predicted octanol–water partition coefficient (Wildman–Crippen LogP) is 2.46. The average molecular weight is 240 g/mol. The van der Waals surface area contributed by atoms with E-state index in [0.717, 1.165) is 6.07 Å². The lowest BCUT2D eigenvalue weighted by molar-refractivity contribution is -0.711. The normalized spacial score (nSPS) is 11.0. The quantitative estimate of drug-likeness (QED) is 0.597. The first-order valence-corrected chi connectivity index (χ1v) is 4.83. The molecule has 0 saturated heterocycles. The number of benzene rings is 1. The van der Waals surface area contributed by atoms with Gasteiger partial charge in [0.05, 0.1) is 4.92 Å². The summed E-state index contributed by atoms with van der Waals surface area (Å²) in [6.45, 7) is 5.50. The highest BCUT2D eigenvalue weighted by molar-refractivity contribution is 5.46. The van der Waals surface area contributed by atoms with Crippen LogP contribution in [0.3, 0.4) is 0 Å². The molecule has 0 radical (unpaired) electrons. The third kappa shape index (κ3) is 3.13. The summed E-state index contributed by atoms with van der Waals surface area (Å²) in [4.78, 5) is 24.7. The summed E-state index contributed by atoms with van der Waals surface area (Å²) in [5.74, 6) is -0.100. The minimum Gasteiger partial charge on any atom is -0.276 e. The molecule has 0 saturated carbocycles. The molecule has 0 unspecified atom stereocenters. The smallest absolute Gasteiger partial charge is 0.276 e. The maximum absolute atomic E-state index is 10.6. The number of non-ortho nitro benzene ring substituents is 1. The minimum atomic E-state index is -0.978. The zero-order valence-electron chi connectivity index (χ0n) is 9.67. The molecule has 0 atom stereocenters. The number of nitro benzene ring substituents is 1. The van der Waals surface area contributed by atoms with Gasteiger partial charge in [0.1, 0.15) is 5.75 Å². The molecule has 1 rings (SSSR count). The predicted molar refractivity (Wildman–Crippen MR) is 59.4 cm³/mol. The van der Waals surface area contributed by atoms with E-state index in [0.29, 0.717) is 5.56 Å². The molecule has 7 heteroatoms. The molecule has 17 heavy (non-hydrogen) atoms. The van der Waals surface area contributed by atoms with Crippen LogP contribution >= 0.6 is 0 Å². The van der Waals surface area contributed by atoms with Crippen molar-refractivity contribution in [2.75, 3.05) is 0 Å². The van der Waals surface area contributed by atoms with Crippen LogP contribution in [0.15, 0.2) is 18.2 Å². The van der Waals surface area contributed by atoms with Crippen LogP contribution in [-0.4, -0.2) is 10.0 Å². The zero-order valence-corrected chi connectivity index (χ0v) is 9.67. The Morgan fingerprint density at radius 1 is 1.18 bits per heavy atom. The molecule has 0 N–H and O–H groups in total. The lowest BCUT2D eigenvalue weighted by Gasteiger charge is -2.21. The molecule has 7 nitrogen and oxygen atoms in total. The molecular weight excluding hydrogens is 228 g/mol. The van der Waals surface area contributed by atoms with Crippen molar-refractivity contribution >= 4 is 5.69 Å². The number of hydrogen-bond donors (Lipinski definition) is 0. The van der Waals surface area contributed by atoms with E-state index in [2.05, 4.69) is 4.84 Å². The summed E-state index contributed by atoms with van der Waals surface area (Å²) < 4.78 is 0. The highest BCUT2D eigenvalue weighted by Gasteiger charge is 2.22. The SMILES string of the molecule is CC(C)(C)c1ccc([N+](=O)[O-])cc1O[N+](=O)[O-]. The second kappa shape index (κ2) is 4.36. The van der Waals surface area contributed by atoms with Gasteiger partial charge in [-0.15, -0.1) is 10.1 Å². The van der Waals surface area contributed by atoms with Crippen molar-refractivity contribution in [2.45, 2.75) is 26.2 Å². The minimum absolute atomic E-state index is 0.100. The Morgan fingerprint density at radius 2 is 1.76 bits per heavy atom. The van der Waals surface area contributed by atoms with Crippen molar-refractivity contribution < 1.29 is 14.8 Å². The van der Waals surface area contributed by atoms with Crippen LogP contribution in [0.4, 0.5) is 5.69 Å². The van der Waals surface area contributed by atoms with Gasteiger partial charge in [0, 0.05) is 12.1 Å². The first-order chi connectivity index (χ1) is 7.71. The lowest BCUT2D eigenvalue weighted by Crippen LogP contribution is -2.15. The monoisotopic (exact) mass is 240 g/mol. The summed E-state index contributed by atoms with van der Waals surface area (Å²) in [7, 11) is 0. The number of hydrogen-bond acceptors (Lipinski definition) is 5. The number of nitrogens with zero attached hydrogens (tertiary/aromatic N) is 2. The largest absolute Gasteiger partial charge is 0.299 e. The van der Waals surface area contributed by atoms with Gasteiger partial charge in [0.25, 0.3) is 10.8 Å². The molecule has 0 amide bonds. The Kier molecular flexibility index (Phi) is 3.31. The van der Waals surface area contributed by atoms with Gasteiger partial charge < -0.3 is 0 Å². The van der Waals surface area contributed by atoms with Crippen molar-refractivity contribution in [3.05, 3.63) is 44.0 Å². The highest BCUT2D eigenvalue weighted by Crippen LogP contribution is 2.34. The van der Waals surface area contributed by atoms with Gasteiger partial charge in [-0.1, -0.05) is 20.8 Å². The molecule has 0 aliphatic heterocycles. The topological polar surface area (TPSA) is 95.5 Å². The van der Waals surface area contributed by atoms with E-state index < -0.39 is 15.4 Å². The summed E-state index contributed by atoms with van der Waals surface area (Å²) >= 11 is 0. The van der Waals surface area contributed by atoms with Crippen LogP contribution in [0.2, 0.25) is 0 Å². The van der Waals surface area contributed by atoms with E-state index in [9.17, 15) is 20.2 Å². The van der Waals surface area contributed by atoms with Gasteiger partial charge in [0.2, 0.25) is 0 Å². The molecule has 0 aliphatic rings. The number of rotatable bonds is 3. The molecular formula is C10H12N2O5. The maximum atomic E-state index is 10.6. The van der Waals surface area contributed by atoms with E-state index in [1.165, 1.54) is 12.1 Å². The van der Waals surface area contributed by atoms with Crippen LogP contribution in [0.5, 0.6) is 5.75 Å². The highest BCUT2D eigenvalue weighted by atomic mass is 17.0. The maximum Gasteiger partial charge on any atom is 0.299 e. The molecule has 0 aliphatic carbocycles. The average Bonchev–Trinajstić information content (AvgIpc) is 2.14. The first kappa shape index (κ1) is 12.9. The van der Waals surface area contributed by atoms with Crippen LogP contribution in [0, 0.1) is 20.2 Å². The van der Waals surface area contributed by atoms with Crippen molar-refractivity contribution in [3.63, 3.8) is 0 Å². The van der Waals surface area contributed by atoms with Crippen LogP contribution in [-0.2, 0) is 5.41 Å². The summed E-state index contributed by atoms with van der Waals surface area (Å²) in [5.41, 5.74) is -0.102. The van der Waals surface area contributed by atoms with Crippen LogP contribution in [0.1, 0.15) is 26.3 Å². The Hall–Kier alpha value is -2.18. The molecule has 0 fully saturated rings. The Morgan fingerprint density at radius 3 is 2.18 bits per heavy atom. The molecule has 0 aromatic heterocycles. The van der Waals surface area contributed by atoms with E-state index in [-0.39, 0.29) is 11.4 Å². The van der Waals surface area contributed by atoms with E-state index in [4.69, 9.17) is 0 Å². The second-order valence-electron chi connectivity index (χ2n) is 4.50. The molecule has 1 aromatic carbocycles. The van der Waals surface area contributed by atoms with Crippen molar-refractivity contribution in [1.29, 1.82) is 0 Å². The second-order valence-corrected chi connectivity index (χ2v) is 4.50. The van der Waals surface area contributed by atoms with Gasteiger partial charge in [-0.25, -0.2) is 0 Å². The molecule has 1 aromatic rings. The fourth-order valence-corrected chi connectivity index (χ4v) is 1.40. The van der Waals surface area contributed by atoms with Gasteiger partial charge >= 0.3 is 0 Å². The Bertz CT molecular complexity index is 464. The number of nitro groups is 1.